The van der Waals surface area contributed by atoms with Crippen LogP contribution in [0.25, 0.3) is 0 Å². The first-order valence-corrected chi connectivity index (χ1v) is 7.11. The van der Waals surface area contributed by atoms with Gasteiger partial charge in [-0.3, -0.25) is 0 Å². The van der Waals surface area contributed by atoms with Gasteiger partial charge in [0, 0.05) is 19.3 Å². The van der Waals surface area contributed by atoms with E-state index < -0.39 is 5.97 Å². The Bertz CT molecular complexity index is 401. The molecule has 0 aromatic carbocycles. The second-order valence-electron chi connectivity index (χ2n) is 3.99. The number of esters is 1. The van der Waals surface area contributed by atoms with Gasteiger partial charge in [-0.05, 0) is 25.4 Å². The quantitative estimate of drug-likeness (QED) is 0.735. The standard InChI is InChI=1S/C12H19N3O2S/c1-9(5-6-18-4)15(2)11-10(12(16)17-3)7-13-8-14-11/h7-9H,5-6H2,1-4H3. The molecule has 1 heterocycles. The first-order chi connectivity index (χ1) is 8.61. The number of carbonyl (C=O) groups excluding carboxylic acids is 1. The highest BCUT2D eigenvalue weighted by atomic mass is 32.2. The van der Waals surface area contributed by atoms with Crippen molar-refractivity contribution in [1.82, 2.24) is 9.97 Å². The fourth-order valence-electron chi connectivity index (χ4n) is 1.55. The van der Waals surface area contributed by atoms with E-state index in [4.69, 9.17) is 4.74 Å². The van der Waals surface area contributed by atoms with E-state index in [1.54, 1.807) is 11.8 Å². The lowest BCUT2D eigenvalue weighted by molar-refractivity contribution is 0.0600. The summed E-state index contributed by atoms with van der Waals surface area (Å²) in [7, 11) is 3.29. The van der Waals surface area contributed by atoms with E-state index in [9.17, 15) is 4.79 Å². The Hall–Kier alpha value is -1.30. The van der Waals surface area contributed by atoms with Gasteiger partial charge in [-0.1, -0.05) is 0 Å². The Morgan fingerprint density at radius 1 is 1.61 bits per heavy atom. The summed E-state index contributed by atoms with van der Waals surface area (Å²) in [6.07, 6.45) is 6.05. The molecule has 5 nitrogen and oxygen atoms in total. The molecule has 18 heavy (non-hydrogen) atoms. The highest BCUT2D eigenvalue weighted by Gasteiger charge is 2.19. The number of thioether (sulfide) groups is 1. The molecule has 0 aliphatic rings. The summed E-state index contributed by atoms with van der Waals surface area (Å²) >= 11 is 1.81. The number of methoxy groups -OCH3 is 1. The zero-order valence-corrected chi connectivity index (χ0v) is 12.0. The molecular weight excluding hydrogens is 250 g/mol. The highest BCUT2D eigenvalue weighted by Crippen LogP contribution is 2.19. The van der Waals surface area contributed by atoms with Gasteiger partial charge in [0.2, 0.25) is 0 Å². The van der Waals surface area contributed by atoms with Crippen molar-refractivity contribution >= 4 is 23.5 Å². The molecule has 1 unspecified atom stereocenters. The second-order valence-corrected chi connectivity index (χ2v) is 4.98. The molecule has 0 saturated heterocycles. The van der Waals surface area contributed by atoms with Gasteiger partial charge in [-0.15, -0.1) is 0 Å². The fraction of sp³-hybridized carbons (Fsp3) is 0.583. The van der Waals surface area contributed by atoms with Gasteiger partial charge >= 0.3 is 5.97 Å². The highest BCUT2D eigenvalue weighted by molar-refractivity contribution is 7.98. The third-order valence-corrected chi connectivity index (χ3v) is 3.48. The second kappa shape index (κ2) is 7.20. The van der Waals surface area contributed by atoms with Crippen LogP contribution in [-0.4, -0.2) is 48.1 Å². The molecular formula is C12H19N3O2S. The number of carbonyl (C=O) groups is 1. The molecule has 0 amide bonds. The van der Waals surface area contributed by atoms with Crippen LogP contribution in [0.15, 0.2) is 12.5 Å². The van der Waals surface area contributed by atoms with Gasteiger partial charge in [0.25, 0.3) is 0 Å². The monoisotopic (exact) mass is 269 g/mol. The summed E-state index contributed by atoms with van der Waals surface area (Å²) < 4.78 is 4.74. The summed E-state index contributed by atoms with van der Waals surface area (Å²) in [5, 5.41) is 0. The number of hydrogen-bond acceptors (Lipinski definition) is 6. The van der Waals surface area contributed by atoms with E-state index in [0.29, 0.717) is 17.4 Å². The Morgan fingerprint density at radius 3 is 2.94 bits per heavy atom. The maximum absolute atomic E-state index is 11.6. The van der Waals surface area contributed by atoms with Crippen LogP contribution < -0.4 is 4.90 Å². The van der Waals surface area contributed by atoms with Gasteiger partial charge < -0.3 is 9.64 Å². The maximum Gasteiger partial charge on any atom is 0.343 e. The minimum atomic E-state index is -0.408. The lowest BCUT2D eigenvalue weighted by atomic mass is 10.2. The third-order valence-electron chi connectivity index (χ3n) is 2.83. The first-order valence-electron chi connectivity index (χ1n) is 5.71. The van der Waals surface area contributed by atoms with Crippen molar-refractivity contribution in [3.63, 3.8) is 0 Å². The lowest BCUT2D eigenvalue weighted by Gasteiger charge is -2.26. The zero-order valence-electron chi connectivity index (χ0n) is 11.2. The number of hydrogen-bond donors (Lipinski definition) is 0. The summed E-state index contributed by atoms with van der Waals surface area (Å²) in [5.74, 6) is 1.28. The summed E-state index contributed by atoms with van der Waals surface area (Å²) in [4.78, 5) is 21.7. The van der Waals surface area contributed by atoms with Crippen LogP contribution in [-0.2, 0) is 4.74 Å². The van der Waals surface area contributed by atoms with Crippen LogP contribution in [0.5, 0.6) is 0 Å². The molecule has 0 radical (unpaired) electrons. The molecule has 1 atom stereocenters. The van der Waals surface area contributed by atoms with Gasteiger partial charge in [0.15, 0.2) is 0 Å². The Kier molecular flexibility index (Phi) is 5.91. The summed E-state index contributed by atoms with van der Waals surface area (Å²) in [6, 6.07) is 0.302. The van der Waals surface area contributed by atoms with E-state index >= 15 is 0 Å². The van der Waals surface area contributed by atoms with Crippen molar-refractivity contribution in [3.05, 3.63) is 18.1 Å². The van der Waals surface area contributed by atoms with Crippen molar-refractivity contribution < 1.29 is 9.53 Å². The Labute approximate surface area is 112 Å². The number of ether oxygens (including phenoxy) is 1. The van der Waals surface area contributed by atoms with Crippen molar-refractivity contribution in [2.75, 3.05) is 31.1 Å². The van der Waals surface area contributed by atoms with Crippen LogP contribution in [0.1, 0.15) is 23.7 Å². The van der Waals surface area contributed by atoms with Crippen molar-refractivity contribution in [1.29, 1.82) is 0 Å². The molecule has 6 heteroatoms. The normalized spacial score (nSPS) is 12.0. The predicted octanol–water partition coefficient (Wildman–Crippen LogP) is 1.84. The van der Waals surface area contributed by atoms with Crippen LogP contribution in [0.3, 0.4) is 0 Å². The van der Waals surface area contributed by atoms with Gasteiger partial charge in [-0.25, -0.2) is 14.8 Å². The summed E-state index contributed by atoms with van der Waals surface area (Å²) in [6.45, 7) is 2.11. The molecule has 1 rings (SSSR count). The fourth-order valence-corrected chi connectivity index (χ4v) is 2.13. The van der Waals surface area contributed by atoms with E-state index in [1.165, 1.54) is 19.6 Å². The maximum atomic E-state index is 11.6. The minimum absolute atomic E-state index is 0.302. The van der Waals surface area contributed by atoms with Crippen LogP contribution in [0, 0.1) is 0 Å². The average Bonchev–Trinajstić information content (AvgIpc) is 2.43. The number of anilines is 1. The summed E-state index contributed by atoms with van der Waals surface area (Å²) in [5.41, 5.74) is 0.401. The van der Waals surface area contributed by atoms with Crippen LogP contribution >= 0.6 is 11.8 Å². The molecule has 1 aromatic heterocycles. The van der Waals surface area contributed by atoms with Crippen molar-refractivity contribution in [3.8, 4) is 0 Å². The number of nitrogens with zero attached hydrogens (tertiary/aromatic N) is 3. The van der Waals surface area contributed by atoms with Crippen molar-refractivity contribution in [2.45, 2.75) is 19.4 Å². The van der Waals surface area contributed by atoms with E-state index in [0.717, 1.165) is 12.2 Å². The Morgan fingerprint density at radius 2 is 2.33 bits per heavy atom. The van der Waals surface area contributed by atoms with Gasteiger partial charge in [-0.2, -0.15) is 11.8 Å². The van der Waals surface area contributed by atoms with Crippen molar-refractivity contribution in [2.24, 2.45) is 0 Å². The van der Waals surface area contributed by atoms with Gasteiger partial charge in [0.05, 0.1) is 7.11 Å². The van der Waals surface area contributed by atoms with Crippen LogP contribution in [0.4, 0.5) is 5.82 Å². The predicted molar refractivity (Wildman–Crippen MR) is 74.2 cm³/mol. The zero-order chi connectivity index (χ0) is 13.5. The minimum Gasteiger partial charge on any atom is -0.465 e. The Balaban J connectivity index is 2.90. The topological polar surface area (TPSA) is 55.3 Å². The van der Waals surface area contributed by atoms with Crippen LogP contribution in [0.2, 0.25) is 0 Å². The van der Waals surface area contributed by atoms with Gasteiger partial charge in [0.1, 0.15) is 17.7 Å². The molecule has 0 spiro atoms. The molecule has 1 aromatic rings. The average molecular weight is 269 g/mol. The molecule has 0 aliphatic heterocycles. The smallest absolute Gasteiger partial charge is 0.343 e. The largest absolute Gasteiger partial charge is 0.465 e. The molecule has 0 aliphatic carbocycles. The number of rotatable bonds is 6. The molecule has 0 fully saturated rings. The molecule has 0 saturated carbocycles. The molecule has 0 N–H and O–H groups in total. The molecule has 100 valence electrons. The lowest BCUT2D eigenvalue weighted by Crippen LogP contribution is -2.31. The van der Waals surface area contributed by atoms with E-state index in [2.05, 4.69) is 23.1 Å². The third kappa shape index (κ3) is 3.60. The SMILES string of the molecule is COC(=O)c1cncnc1N(C)C(C)CCSC. The first kappa shape index (κ1) is 14.8. The number of aromatic nitrogens is 2. The van der Waals surface area contributed by atoms with E-state index in [-0.39, 0.29) is 0 Å². The molecule has 0 bridgehead atoms. The van der Waals surface area contributed by atoms with E-state index in [1.807, 2.05) is 11.9 Å².